The molecule has 0 aliphatic rings. The first-order valence-electron chi connectivity index (χ1n) is 4.73. The first-order valence-corrected chi connectivity index (χ1v) is 4.73. The van der Waals surface area contributed by atoms with Gasteiger partial charge in [0.25, 0.3) is 0 Å². The molecule has 0 fully saturated rings. The first-order chi connectivity index (χ1) is 7.61. The van der Waals surface area contributed by atoms with Crippen LogP contribution in [0, 0.1) is 6.92 Å². The lowest BCUT2D eigenvalue weighted by Crippen LogP contribution is -2.05. The third kappa shape index (κ3) is 1.72. The Morgan fingerprint density at radius 3 is 2.69 bits per heavy atom. The lowest BCUT2D eigenvalue weighted by atomic mass is 10.2. The van der Waals surface area contributed by atoms with Crippen molar-refractivity contribution in [3.8, 4) is 0 Å². The molecule has 0 saturated carbocycles. The van der Waals surface area contributed by atoms with Crippen molar-refractivity contribution in [2.75, 3.05) is 0 Å². The number of aliphatic hydroxyl groups excluding tert-OH is 1. The van der Waals surface area contributed by atoms with E-state index in [1.807, 2.05) is 0 Å². The van der Waals surface area contributed by atoms with Crippen molar-refractivity contribution in [2.24, 2.45) is 0 Å². The van der Waals surface area contributed by atoms with E-state index in [1.54, 1.807) is 25.1 Å². The van der Waals surface area contributed by atoms with E-state index in [2.05, 4.69) is 9.97 Å². The van der Waals surface area contributed by atoms with Crippen molar-refractivity contribution < 1.29 is 15.0 Å². The van der Waals surface area contributed by atoms with Gasteiger partial charge in [0, 0.05) is 0 Å². The van der Waals surface area contributed by atoms with E-state index in [0.29, 0.717) is 16.7 Å². The zero-order chi connectivity index (χ0) is 11.7. The molecule has 1 aromatic heterocycles. The average Bonchev–Trinajstić information content (AvgIpc) is 2.27. The maximum Gasteiger partial charge on any atom is 0.356 e. The number of aromatic carboxylic acids is 1. The van der Waals surface area contributed by atoms with E-state index >= 15 is 0 Å². The number of hydrogen-bond donors (Lipinski definition) is 2. The quantitative estimate of drug-likeness (QED) is 0.789. The first kappa shape index (κ1) is 10.5. The molecule has 0 saturated heterocycles. The summed E-state index contributed by atoms with van der Waals surface area (Å²) in [7, 11) is 0. The molecule has 1 aromatic carbocycles. The van der Waals surface area contributed by atoms with Crippen LogP contribution >= 0.6 is 0 Å². The lowest BCUT2D eigenvalue weighted by Gasteiger charge is -2.03. The summed E-state index contributed by atoms with van der Waals surface area (Å²) in [6.07, 6.45) is 0. The van der Waals surface area contributed by atoms with Crippen LogP contribution in [0.2, 0.25) is 0 Å². The van der Waals surface area contributed by atoms with E-state index in [-0.39, 0.29) is 12.3 Å². The Morgan fingerprint density at radius 1 is 1.31 bits per heavy atom. The van der Waals surface area contributed by atoms with Crippen LogP contribution in [0.3, 0.4) is 0 Å². The number of carboxylic acid groups (broad SMARTS) is 1. The molecule has 0 bridgehead atoms. The number of rotatable bonds is 2. The molecule has 0 aliphatic heterocycles. The standard InChI is InChI=1S/C11H10N2O3/c1-6-10(11(15)16)13-8-3-2-7(5-14)4-9(8)12-6/h2-4,14H,5H2,1H3,(H,15,16). The summed E-state index contributed by atoms with van der Waals surface area (Å²) in [5.41, 5.74) is 2.16. The number of benzene rings is 1. The van der Waals surface area contributed by atoms with Gasteiger partial charge in [0.05, 0.1) is 23.3 Å². The molecule has 0 radical (unpaired) electrons. The lowest BCUT2D eigenvalue weighted by molar-refractivity contribution is 0.0689. The Morgan fingerprint density at radius 2 is 2.06 bits per heavy atom. The van der Waals surface area contributed by atoms with Crippen LogP contribution in [0.1, 0.15) is 21.7 Å². The number of fused-ring (bicyclic) bond motifs is 1. The van der Waals surface area contributed by atoms with Gasteiger partial charge in [-0.05, 0) is 24.6 Å². The fourth-order valence-corrected chi connectivity index (χ4v) is 1.49. The molecule has 0 aliphatic carbocycles. The van der Waals surface area contributed by atoms with E-state index in [1.165, 1.54) is 0 Å². The van der Waals surface area contributed by atoms with Gasteiger partial charge in [0.15, 0.2) is 5.69 Å². The molecular formula is C11H10N2O3. The van der Waals surface area contributed by atoms with Crippen molar-refractivity contribution >= 4 is 17.0 Å². The molecule has 82 valence electrons. The summed E-state index contributed by atoms with van der Waals surface area (Å²) in [6.45, 7) is 1.53. The molecule has 2 aromatic rings. The summed E-state index contributed by atoms with van der Waals surface area (Å²) < 4.78 is 0. The molecule has 2 rings (SSSR count). The maximum absolute atomic E-state index is 10.8. The monoisotopic (exact) mass is 218 g/mol. The minimum absolute atomic E-state index is 0.0377. The minimum atomic E-state index is -1.09. The van der Waals surface area contributed by atoms with Crippen molar-refractivity contribution in [3.05, 3.63) is 35.2 Å². The number of aromatic nitrogens is 2. The van der Waals surface area contributed by atoms with E-state index < -0.39 is 5.97 Å². The third-order valence-corrected chi connectivity index (χ3v) is 2.29. The largest absolute Gasteiger partial charge is 0.476 e. The van der Waals surface area contributed by atoms with Crippen LogP contribution < -0.4 is 0 Å². The van der Waals surface area contributed by atoms with Gasteiger partial charge in [-0.1, -0.05) is 6.07 Å². The fourth-order valence-electron chi connectivity index (χ4n) is 1.49. The second-order valence-electron chi connectivity index (χ2n) is 3.44. The molecular weight excluding hydrogens is 208 g/mol. The molecule has 16 heavy (non-hydrogen) atoms. The Balaban J connectivity index is 2.68. The summed E-state index contributed by atoms with van der Waals surface area (Å²) in [4.78, 5) is 19.0. The van der Waals surface area contributed by atoms with Gasteiger partial charge in [-0.3, -0.25) is 0 Å². The second-order valence-corrected chi connectivity index (χ2v) is 3.44. The highest BCUT2D eigenvalue weighted by Crippen LogP contribution is 2.14. The van der Waals surface area contributed by atoms with Gasteiger partial charge in [0.1, 0.15) is 0 Å². The van der Waals surface area contributed by atoms with Gasteiger partial charge in [0.2, 0.25) is 0 Å². The smallest absolute Gasteiger partial charge is 0.356 e. The topological polar surface area (TPSA) is 83.3 Å². The van der Waals surface area contributed by atoms with Crippen LogP contribution in [0.5, 0.6) is 0 Å². The van der Waals surface area contributed by atoms with Gasteiger partial charge in [-0.2, -0.15) is 0 Å². The Labute approximate surface area is 91.4 Å². The number of aliphatic hydroxyl groups is 1. The molecule has 2 N–H and O–H groups in total. The van der Waals surface area contributed by atoms with E-state index in [0.717, 1.165) is 5.56 Å². The molecule has 0 atom stereocenters. The molecule has 0 spiro atoms. The Hall–Kier alpha value is -2.01. The molecule has 1 heterocycles. The molecule has 5 nitrogen and oxygen atoms in total. The molecule has 5 heteroatoms. The highest BCUT2D eigenvalue weighted by atomic mass is 16.4. The summed E-state index contributed by atoms with van der Waals surface area (Å²) in [5.74, 6) is -1.09. The fraction of sp³-hybridized carbons (Fsp3) is 0.182. The predicted octanol–water partition coefficient (Wildman–Crippen LogP) is 1.13. The van der Waals surface area contributed by atoms with Crippen LogP contribution in [-0.4, -0.2) is 26.2 Å². The van der Waals surface area contributed by atoms with Gasteiger partial charge in [-0.25, -0.2) is 14.8 Å². The van der Waals surface area contributed by atoms with Crippen molar-refractivity contribution in [2.45, 2.75) is 13.5 Å². The normalized spacial score (nSPS) is 10.6. The second kappa shape index (κ2) is 3.86. The average molecular weight is 218 g/mol. The predicted molar refractivity (Wildman–Crippen MR) is 57.2 cm³/mol. The number of aryl methyl sites for hydroxylation is 1. The number of nitrogens with zero attached hydrogens (tertiary/aromatic N) is 2. The molecule has 0 unspecified atom stereocenters. The van der Waals surface area contributed by atoms with Crippen molar-refractivity contribution in [3.63, 3.8) is 0 Å². The van der Waals surface area contributed by atoms with Crippen LogP contribution in [0.4, 0.5) is 0 Å². The highest BCUT2D eigenvalue weighted by molar-refractivity contribution is 5.89. The Kier molecular flexibility index (Phi) is 2.54. The minimum Gasteiger partial charge on any atom is -0.476 e. The summed E-state index contributed by atoms with van der Waals surface area (Å²) >= 11 is 0. The van der Waals surface area contributed by atoms with Crippen molar-refractivity contribution in [1.82, 2.24) is 9.97 Å². The summed E-state index contributed by atoms with van der Waals surface area (Å²) in [5, 5.41) is 17.9. The highest BCUT2D eigenvalue weighted by Gasteiger charge is 2.11. The van der Waals surface area contributed by atoms with Crippen molar-refractivity contribution in [1.29, 1.82) is 0 Å². The number of hydrogen-bond acceptors (Lipinski definition) is 4. The zero-order valence-electron chi connectivity index (χ0n) is 8.64. The third-order valence-electron chi connectivity index (χ3n) is 2.29. The van der Waals surface area contributed by atoms with E-state index in [9.17, 15) is 4.79 Å². The maximum atomic E-state index is 10.8. The summed E-state index contributed by atoms with van der Waals surface area (Å²) in [6, 6.07) is 5.04. The van der Waals surface area contributed by atoms with Crippen LogP contribution in [0.25, 0.3) is 11.0 Å². The van der Waals surface area contributed by atoms with Gasteiger partial charge in [-0.15, -0.1) is 0 Å². The van der Waals surface area contributed by atoms with E-state index in [4.69, 9.17) is 10.2 Å². The van der Waals surface area contributed by atoms with Crippen LogP contribution in [-0.2, 0) is 6.61 Å². The number of carbonyl (C=O) groups is 1. The number of carboxylic acids is 1. The van der Waals surface area contributed by atoms with Crippen LogP contribution in [0.15, 0.2) is 18.2 Å². The van der Waals surface area contributed by atoms with Gasteiger partial charge < -0.3 is 10.2 Å². The SMILES string of the molecule is Cc1nc2cc(CO)ccc2nc1C(=O)O. The zero-order valence-corrected chi connectivity index (χ0v) is 8.64. The molecule has 0 amide bonds. The Bertz CT molecular complexity index is 566. The van der Waals surface area contributed by atoms with Gasteiger partial charge >= 0.3 is 5.97 Å².